The van der Waals surface area contributed by atoms with E-state index < -0.39 is 14.9 Å². The van der Waals surface area contributed by atoms with Crippen molar-refractivity contribution in [3.05, 3.63) is 94.3 Å². The fourth-order valence-corrected chi connectivity index (χ4v) is 3.05. The highest BCUT2D eigenvalue weighted by atomic mass is 32.2. The molecule has 0 unspecified atom stereocenters. The van der Waals surface area contributed by atoms with Crippen LogP contribution in [0.5, 0.6) is 0 Å². The van der Waals surface area contributed by atoms with Gasteiger partial charge in [-0.25, -0.2) is 13.6 Å². The van der Waals surface area contributed by atoms with Crippen molar-refractivity contribution in [1.29, 1.82) is 0 Å². The first-order valence-electron chi connectivity index (χ1n) is 7.58. The number of sulfonamides is 1. The molecule has 0 atom stereocenters. The number of hydrogen-bond donors (Lipinski definition) is 1. The molecule has 0 aliphatic rings. The van der Waals surface area contributed by atoms with E-state index in [4.69, 9.17) is 5.14 Å². The van der Waals surface area contributed by atoms with Gasteiger partial charge in [-0.15, -0.1) is 0 Å². The highest BCUT2D eigenvalue weighted by Gasteiger charge is 2.15. The SMILES string of the molecule is NS(=O)(=O)c1ccc(-n2cccc2/C=C(/c2ccccc2)[N+](=O)[O-])cc1. The number of rotatable bonds is 5. The van der Waals surface area contributed by atoms with E-state index in [2.05, 4.69) is 0 Å². The van der Waals surface area contributed by atoms with Crippen LogP contribution < -0.4 is 5.14 Å². The molecule has 2 N–H and O–H groups in total. The molecular weight excluding hydrogens is 354 g/mol. The van der Waals surface area contributed by atoms with Gasteiger partial charge in [-0.1, -0.05) is 18.2 Å². The van der Waals surface area contributed by atoms with Gasteiger partial charge in [0.1, 0.15) is 0 Å². The van der Waals surface area contributed by atoms with Crippen molar-refractivity contribution in [1.82, 2.24) is 4.57 Å². The minimum Gasteiger partial charge on any atom is -0.317 e. The second-order valence-corrected chi connectivity index (χ2v) is 7.06. The predicted molar refractivity (Wildman–Crippen MR) is 98.4 cm³/mol. The lowest BCUT2D eigenvalue weighted by molar-refractivity contribution is -0.374. The second-order valence-electron chi connectivity index (χ2n) is 5.49. The van der Waals surface area contributed by atoms with E-state index in [1.54, 1.807) is 65.4 Å². The molecule has 26 heavy (non-hydrogen) atoms. The van der Waals surface area contributed by atoms with Crippen LogP contribution in [0.2, 0.25) is 0 Å². The van der Waals surface area contributed by atoms with Gasteiger partial charge in [-0.2, -0.15) is 0 Å². The van der Waals surface area contributed by atoms with Crippen LogP contribution >= 0.6 is 0 Å². The van der Waals surface area contributed by atoms with Crippen molar-refractivity contribution in [2.75, 3.05) is 0 Å². The summed E-state index contributed by atoms with van der Waals surface area (Å²) in [7, 11) is -3.78. The molecule has 0 fully saturated rings. The summed E-state index contributed by atoms with van der Waals surface area (Å²) in [6.45, 7) is 0. The van der Waals surface area contributed by atoms with Gasteiger partial charge < -0.3 is 4.57 Å². The summed E-state index contributed by atoms with van der Waals surface area (Å²) in [4.78, 5) is 11.0. The number of benzene rings is 2. The third kappa shape index (κ3) is 3.71. The number of nitrogens with zero attached hydrogens (tertiary/aromatic N) is 2. The summed E-state index contributed by atoms with van der Waals surface area (Å²) in [5, 5.41) is 16.6. The lowest BCUT2D eigenvalue weighted by Gasteiger charge is -2.08. The van der Waals surface area contributed by atoms with Crippen LogP contribution in [0.15, 0.2) is 77.8 Å². The summed E-state index contributed by atoms with van der Waals surface area (Å²) in [6.07, 6.45) is 3.21. The zero-order chi connectivity index (χ0) is 18.7. The molecule has 0 aliphatic heterocycles. The van der Waals surface area contributed by atoms with Gasteiger partial charge in [-0.3, -0.25) is 10.1 Å². The van der Waals surface area contributed by atoms with Gasteiger partial charge in [0.15, 0.2) is 0 Å². The summed E-state index contributed by atoms with van der Waals surface area (Å²) in [6, 6.07) is 18.0. The third-order valence-electron chi connectivity index (χ3n) is 3.77. The highest BCUT2D eigenvalue weighted by Crippen LogP contribution is 2.22. The van der Waals surface area contributed by atoms with Gasteiger partial charge >= 0.3 is 0 Å². The van der Waals surface area contributed by atoms with Crippen molar-refractivity contribution < 1.29 is 13.3 Å². The molecule has 132 valence electrons. The zero-order valence-electron chi connectivity index (χ0n) is 13.5. The maximum atomic E-state index is 11.5. The molecule has 0 spiro atoms. The van der Waals surface area contributed by atoms with Crippen molar-refractivity contribution in [2.45, 2.75) is 4.90 Å². The molecule has 8 heteroatoms. The van der Waals surface area contributed by atoms with Gasteiger partial charge in [0.05, 0.1) is 21.1 Å². The molecule has 7 nitrogen and oxygen atoms in total. The Kier molecular flexibility index (Phi) is 4.70. The Morgan fingerprint density at radius 2 is 1.65 bits per heavy atom. The fraction of sp³-hybridized carbons (Fsp3) is 0. The second kappa shape index (κ2) is 6.95. The Hall–Kier alpha value is -3.23. The van der Waals surface area contributed by atoms with Crippen LogP contribution in [0.25, 0.3) is 17.5 Å². The smallest absolute Gasteiger partial charge is 0.278 e. The summed E-state index contributed by atoms with van der Waals surface area (Å²) in [5.41, 5.74) is 1.70. The van der Waals surface area contributed by atoms with E-state index in [-0.39, 0.29) is 10.6 Å². The zero-order valence-corrected chi connectivity index (χ0v) is 14.3. The maximum Gasteiger partial charge on any atom is 0.278 e. The van der Waals surface area contributed by atoms with E-state index in [9.17, 15) is 18.5 Å². The molecule has 1 aromatic heterocycles. The number of primary sulfonamides is 1. The molecule has 0 aliphatic carbocycles. The van der Waals surface area contributed by atoms with Crippen LogP contribution in [0.1, 0.15) is 11.3 Å². The van der Waals surface area contributed by atoms with E-state index >= 15 is 0 Å². The van der Waals surface area contributed by atoms with E-state index in [1.807, 2.05) is 0 Å². The van der Waals surface area contributed by atoms with Crippen molar-refractivity contribution in [3.8, 4) is 5.69 Å². The Morgan fingerprint density at radius 1 is 1.00 bits per heavy atom. The highest BCUT2D eigenvalue weighted by molar-refractivity contribution is 7.89. The molecular formula is C18H15N3O4S. The van der Waals surface area contributed by atoms with Crippen molar-refractivity contribution in [3.63, 3.8) is 0 Å². The third-order valence-corrected chi connectivity index (χ3v) is 4.70. The Morgan fingerprint density at radius 3 is 2.23 bits per heavy atom. The minimum atomic E-state index is -3.78. The van der Waals surface area contributed by atoms with Crippen LogP contribution in [0.3, 0.4) is 0 Å². The largest absolute Gasteiger partial charge is 0.317 e. The average Bonchev–Trinajstić information content (AvgIpc) is 3.08. The van der Waals surface area contributed by atoms with Gasteiger partial charge in [0.2, 0.25) is 10.0 Å². The minimum absolute atomic E-state index is 0.000708. The molecule has 1 heterocycles. The number of nitrogens with two attached hydrogens (primary N) is 1. The summed E-state index contributed by atoms with van der Waals surface area (Å²) >= 11 is 0. The van der Waals surface area contributed by atoms with E-state index in [0.717, 1.165) is 0 Å². The topological polar surface area (TPSA) is 108 Å². The lowest BCUT2D eigenvalue weighted by Crippen LogP contribution is -2.12. The normalized spacial score (nSPS) is 12.1. The number of nitro groups is 1. The Labute approximate surface area is 150 Å². The molecule has 2 aromatic carbocycles. The molecule has 0 saturated heterocycles. The molecule has 0 bridgehead atoms. The maximum absolute atomic E-state index is 11.5. The standard InChI is InChI=1S/C18H15N3O4S/c19-26(24,25)17-10-8-15(9-11-17)20-12-4-7-16(20)13-18(21(22)23)14-5-2-1-3-6-14/h1-13H,(H2,19,24,25)/b18-13-. The quantitative estimate of drug-likeness (QED) is 0.551. The predicted octanol–water partition coefficient (Wildman–Crippen LogP) is 2.90. The van der Waals surface area contributed by atoms with E-state index in [0.29, 0.717) is 16.9 Å². The Balaban J connectivity index is 2.04. The number of hydrogen-bond acceptors (Lipinski definition) is 4. The average molecular weight is 369 g/mol. The molecule has 0 amide bonds. The first kappa shape index (κ1) is 17.6. The van der Waals surface area contributed by atoms with Gasteiger partial charge in [0, 0.05) is 18.0 Å². The van der Waals surface area contributed by atoms with Crippen molar-refractivity contribution >= 4 is 21.8 Å². The number of aromatic nitrogens is 1. The summed E-state index contributed by atoms with van der Waals surface area (Å²) in [5.74, 6) is 0. The lowest BCUT2D eigenvalue weighted by atomic mass is 10.1. The fourth-order valence-electron chi connectivity index (χ4n) is 2.53. The Bertz CT molecular complexity index is 1070. The van der Waals surface area contributed by atoms with Crippen LogP contribution in [-0.2, 0) is 10.0 Å². The molecule has 0 saturated carbocycles. The summed E-state index contributed by atoms with van der Waals surface area (Å²) < 4.78 is 24.4. The van der Waals surface area contributed by atoms with Crippen LogP contribution in [-0.4, -0.2) is 17.9 Å². The van der Waals surface area contributed by atoms with Gasteiger partial charge in [-0.05, 0) is 48.5 Å². The first-order valence-corrected chi connectivity index (χ1v) is 9.13. The monoisotopic (exact) mass is 369 g/mol. The molecule has 3 rings (SSSR count). The molecule has 3 aromatic rings. The van der Waals surface area contributed by atoms with Gasteiger partial charge in [0.25, 0.3) is 5.70 Å². The van der Waals surface area contributed by atoms with E-state index in [1.165, 1.54) is 18.2 Å². The molecule has 0 radical (unpaired) electrons. The first-order chi connectivity index (χ1) is 12.4. The van der Waals surface area contributed by atoms with Crippen LogP contribution in [0.4, 0.5) is 0 Å². The van der Waals surface area contributed by atoms with Crippen LogP contribution in [0, 0.1) is 10.1 Å². The van der Waals surface area contributed by atoms with Crippen molar-refractivity contribution in [2.24, 2.45) is 5.14 Å².